The van der Waals surface area contributed by atoms with E-state index in [1.807, 2.05) is 36.5 Å². The molecule has 1 saturated heterocycles. The van der Waals surface area contributed by atoms with E-state index in [0.717, 1.165) is 11.4 Å². The summed E-state index contributed by atoms with van der Waals surface area (Å²) < 4.78 is 2.36. The number of hydrogen-bond donors (Lipinski definition) is 2. The molecule has 29 heavy (non-hydrogen) atoms. The maximum absolute atomic E-state index is 9.74. The predicted molar refractivity (Wildman–Crippen MR) is 120 cm³/mol. The molecule has 5 nitrogen and oxygen atoms in total. The number of anilines is 1. The normalized spacial score (nSPS) is 19.1. The van der Waals surface area contributed by atoms with E-state index in [4.69, 9.17) is 12.2 Å². The van der Waals surface area contributed by atoms with Crippen LogP contribution in [0.15, 0.2) is 54.7 Å². The molecular formula is C23H26N4OS. The highest BCUT2D eigenvalue weighted by atomic mass is 32.1. The Kier molecular flexibility index (Phi) is 5.04. The van der Waals surface area contributed by atoms with Crippen LogP contribution in [-0.2, 0) is 0 Å². The van der Waals surface area contributed by atoms with Gasteiger partial charge in [0.25, 0.3) is 0 Å². The number of hydrogen-bond acceptors (Lipinski definition) is 3. The maximum Gasteiger partial charge on any atom is 0.174 e. The SMILES string of the molecule is Cc1cc([C@H]2[C@H](c3ccccn3)NC(=S)N2c2ccc(O)cc2)c(C)n1C(C)C. The minimum Gasteiger partial charge on any atom is -0.508 e. The van der Waals surface area contributed by atoms with E-state index in [-0.39, 0.29) is 17.8 Å². The van der Waals surface area contributed by atoms with Gasteiger partial charge in [0.1, 0.15) is 5.75 Å². The van der Waals surface area contributed by atoms with Crippen LogP contribution in [0.3, 0.4) is 0 Å². The lowest BCUT2D eigenvalue weighted by Gasteiger charge is -2.28. The number of aryl methyl sites for hydroxylation is 1. The average Bonchev–Trinajstić information content (AvgIpc) is 3.19. The first-order chi connectivity index (χ1) is 13.9. The van der Waals surface area contributed by atoms with Crippen molar-refractivity contribution in [3.05, 3.63) is 77.4 Å². The Labute approximate surface area is 177 Å². The van der Waals surface area contributed by atoms with Crippen LogP contribution in [0.4, 0.5) is 5.69 Å². The fraction of sp³-hybridized carbons (Fsp3) is 0.304. The number of aromatic hydroxyl groups is 1. The summed E-state index contributed by atoms with van der Waals surface area (Å²) in [6, 6.07) is 15.7. The van der Waals surface area contributed by atoms with Crippen molar-refractivity contribution in [2.45, 2.75) is 45.8 Å². The van der Waals surface area contributed by atoms with Gasteiger partial charge in [0.2, 0.25) is 0 Å². The first-order valence-electron chi connectivity index (χ1n) is 9.86. The molecule has 0 bridgehead atoms. The number of aromatic nitrogens is 2. The minimum absolute atomic E-state index is 0.0411. The molecule has 0 radical (unpaired) electrons. The Balaban J connectivity index is 1.88. The van der Waals surface area contributed by atoms with Gasteiger partial charge in [-0.3, -0.25) is 4.98 Å². The van der Waals surface area contributed by atoms with E-state index in [2.05, 4.69) is 53.5 Å². The highest BCUT2D eigenvalue weighted by Crippen LogP contribution is 2.43. The van der Waals surface area contributed by atoms with E-state index in [9.17, 15) is 5.11 Å². The molecule has 0 saturated carbocycles. The molecule has 3 heterocycles. The number of phenols is 1. The van der Waals surface area contributed by atoms with Crippen LogP contribution in [0.25, 0.3) is 0 Å². The standard InChI is InChI=1S/C23H26N4OS/c1-14(2)26-15(3)13-19(16(26)4)22-21(20-7-5-6-12-24-20)25-23(29)27(22)17-8-10-18(28)11-9-17/h5-14,21-22,28H,1-4H3,(H,25,29)/t21-,22-/m0/s1. The van der Waals surface area contributed by atoms with Gasteiger partial charge in [0.15, 0.2) is 5.11 Å². The summed E-state index contributed by atoms with van der Waals surface area (Å²) in [4.78, 5) is 6.75. The van der Waals surface area contributed by atoms with Crippen molar-refractivity contribution in [2.24, 2.45) is 0 Å². The van der Waals surface area contributed by atoms with Crippen molar-refractivity contribution in [2.75, 3.05) is 4.90 Å². The lowest BCUT2D eigenvalue weighted by Crippen LogP contribution is -2.29. The minimum atomic E-state index is -0.0707. The number of nitrogens with one attached hydrogen (secondary N) is 1. The van der Waals surface area contributed by atoms with Crippen molar-refractivity contribution in [3.63, 3.8) is 0 Å². The van der Waals surface area contributed by atoms with Crippen LogP contribution in [0.2, 0.25) is 0 Å². The third kappa shape index (κ3) is 3.38. The highest BCUT2D eigenvalue weighted by molar-refractivity contribution is 7.80. The maximum atomic E-state index is 9.74. The van der Waals surface area contributed by atoms with Gasteiger partial charge in [0.05, 0.1) is 17.8 Å². The number of nitrogens with zero attached hydrogens (tertiary/aromatic N) is 3. The van der Waals surface area contributed by atoms with E-state index >= 15 is 0 Å². The molecule has 2 aromatic heterocycles. The van der Waals surface area contributed by atoms with Crippen molar-refractivity contribution in [3.8, 4) is 5.75 Å². The summed E-state index contributed by atoms with van der Waals surface area (Å²) in [6.45, 7) is 8.73. The molecule has 4 rings (SSSR count). The summed E-state index contributed by atoms with van der Waals surface area (Å²) in [5.74, 6) is 0.239. The molecule has 150 valence electrons. The van der Waals surface area contributed by atoms with Crippen LogP contribution >= 0.6 is 12.2 Å². The Bertz CT molecular complexity index is 1030. The number of rotatable bonds is 4. The first-order valence-corrected chi connectivity index (χ1v) is 10.3. The topological polar surface area (TPSA) is 53.3 Å². The molecule has 1 aliphatic rings. The second-order valence-corrected chi connectivity index (χ2v) is 8.19. The number of phenolic OH excluding ortho intramolecular Hbond substituents is 1. The molecular weight excluding hydrogens is 380 g/mol. The molecule has 1 aliphatic heterocycles. The van der Waals surface area contributed by atoms with Crippen LogP contribution in [0.5, 0.6) is 5.75 Å². The number of pyridine rings is 1. The zero-order chi connectivity index (χ0) is 20.7. The zero-order valence-electron chi connectivity index (χ0n) is 17.1. The molecule has 2 N–H and O–H groups in total. The number of thiocarbonyl (C=S) groups is 1. The van der Waals surface area contributed by atoms with Gasteiger partial charge in [-0.1, -0.05) is 6.07 Å². The molecule has 0 unspecified atom stereocenters. The fourth-order valence-electron chi connectivity index (χ4n) is 4.46. The average molecular weight is 407 g/mol. The smallest absolute Gasteiger partial charge is 0.174 e. The van der Waals surface area contributed by atoms with Crippen molar-refractivity contribution in [1.82, 2.24) is 14.9 Å². The second-order valence-electron chi connectivity index (χ2n) is 7.80. The summed E-state index contributed by atoms with van der Waals surface area (Å²) in [5, 5.41) is 13.9. The van der Waals surface area contributed by atoms with Gasteiger partial charge in [-0.15, -0.1) is 0 Å². The Morgan fingerprint density at radius 1 is 1.10 bits per heavy atom. The van der Waals surface area contributed by atoms with Crippen LogP contribution in [0, 0.1) is 13.8 Å². The van der Waals surface area contributed by atoms with Gasteiger partial charge >= 0.3 is 0 Å². The van der Waals surface area contributed by atoms with Gasteiger partial charge in [-0.25, -0.2) is 0 Å². The summed E-state index contributed by atoms with van der Waals surface area (Å²) in [5.41, 5.74) is 5.59. The number of benzene rings is 1. The molecule has 0 amide bonds. The lowest BCUT2D eigenvalue weighted by molar-refractivity contribution is 0.475. The lowest BCUT2D eigenvalue weighted by atomic mass is 9.96. The Morgan fingerprint density at radius 2 is 1.83 bits per heavy atom. The summed E-state index contributed by atoms with van der Waals surface area (Å²) in [6.07, 6.45) is 1.82. The van der Waals surface area contributed by atoms with Gasteiger partial charge in [-0.2, -0.15) is 0 Å². The van der Waals surface area contributed by atoms with Gasteiger partial charge in [0, 0.05) is 29.3 Å². The highest BCUT2D eigenvalue weighted by Gasteiger charge is 2.42. The van der Waals surface area contributed by atoms with Crippen molar-refractivity contribution >= 4 is 23.0 Å². The first kappa shape index (κ1) is 19.5. The summed E-state index contributed by atoms with van der Waals surface area (Å²) in [7, 11) is 0. The molecule has 0 spiro atoms. The Morgan fingerprint density at radius 3 is 2.41 bits per heavy atom. The zero-order valence-corrected chi connectivity index (χ0v) is 17.9. The van der Waals surface area contributed by atoms with E-state index in [0.29, 0.717) is 11.2 Å². The van der Waals surface area contributed by atoms with Crippen LogP contribution in [-0.4, -0.2) is 19.8 Å². The van der Waals surface area contributed by atoms with Crippen LogP contribution < -0.4 is 10.2 Å². The van der Waals surface area contributed by atoms with Gasteiger partial charge in [-0.05, 0) is 87.9 Å². The monoisotopic (exact) mass is 406 g/mol. The summed E-state index contributed by atoms with van der Waals surface area (Å²) >= 11 is 5.76. The van der Waals surface area contributed by atoms with Crippen LogP contribution in [0.1, 0.15) is 54.6 Å². The third-order valence-electron chi connectivity index (χ3n) is 5.58. The quantitative estimate of drug-likeness (QED) is 0.600. The molecule has 1 fully saturated rings. The van der Waals surface area contributed by atoms with E-state index in [1.165, 1.54) is 17.0 Å². The largest absolute Gasteiger partial charge is 0.508 e. The predicted octanol–water partition coefficient (Wildman–Crippen LogP) is 4.96. The molecule has 1 aromatic carbocycles. The Hall–Kier alpha value is -2.86. The molecule has 0 aliphatic carbocycles. The second kappa shape index (κ2) is 7.52. The molecule has 2 atom stereocenters. The molecule has 3 aromatic rings. The fourth-order valence-corrected chi connectivity index (χ4v) is 4.80. The van der Waals surface area contributed by atoms with E-state index < -0.39 is 0 Å². The molecule has 6 heteroatoms. The van der Waals surface area contributed by atoms with Crippen molar-refractivity contribution in [1.29, 1.82) is 0 Å². The van der Waals surface area contributed by atoms with E-state index in [1.54, 1.807) is 12.1 Å². The van der Waals surface area contributed by atoms with Gasteiger partial charge < -0.3 is 19.9 Å². The third-order valence-corrected chi connectivity index (χ3v) is 5.90. The van der Waals surface area contributed by atoms with Crippen molar-refractivity contribution < 1.29 is 5.11 Å².